The summed E-state index contributed by atoms with van der Waals surface area (Å²) in [5.74, 6) is 1.56. The summed E-state index contributed by atoms with van der Waals surface area (Å²) in [6, 6.07) is 5.92. The van der Waals surface area contributed by atoms with Crippen LogP contribution in [0, 0.1) is 0 Å². The third-order valence-corrected chi connectivity index (χ3v) is 5.49. The van der Waals surface area contributed by atoms with Gasteiger partial charge in [0.1, 0.15) is 11.3 Å². The molecule has 3 aromatic rings. The van der Waals surface area contributed by atoms with Gasteiger partial charge in [0, 0.05) is 56.9 Å². The summed E-state index contributed by atoms with van der Waals surface area (Å²) in [4.78, 5) is 20.4. The Bertz CT molecular complexity index is 1010. The fourth-order valence-electron chi connectivity index (χ4n) is 3.88. The van der Waals surface area contributed by atoms with Crippen molar-refractivity contribution in [1.82, 2.24) is 25.3 Å². The molecule has 1 unspecified atom stereocenters. The van der Waals surface area contributed by atoms with Crippen molar-refractivity contribution in [3.63, 3.8) is 0 Å². The summed E-state index contributed by atoms with van der Waals surface area (Å²) < 4.78 is 5.77. The fraction of sp³-hybridized carbons (Fsp3) is 0.429. The van der Waals surface area contributed by atoms with Gasteiger partial charge in [-0.2, -0.15) is 13.5 Å². The topological polar surface area (TPSA) is 108 Å². The molecular formula is C21H27N7O2S. The molecule has 5 rings (SSSR count). The van der Waals surface area contributed by atoms with E-state index in [0.717, 1.165) is 54.2 Å². The van der Waals surface area contributed by atoms with Gasteiger partial charge in [-0.05, 0) is 24.6 Å². The van der Waals surface area contributed by atoms with Gasteiger partial charge < -0.3 is 25.4 Å². The van der Waals surface area contributed by atoms with Crippen LogP contribution in [0.2, 0.25) is 0 Å². The molecule has 0 aliphatic carbocycles. The molecule has 9 nitrogen and oxygen atoms in total. The van der Waals surface area contributed by atoms with Crippen molar-refractivity contribution in [1.29, 1.82) is 0 Å². The lowest BCUT2D eigenvalue weighted by Gasteiger charge is -2.24. The molecule has 2 aliphatic heterocycles. The number of aromatic nitrogens is 4. The molecule has 2 fully saturated rings. The summed E-state index contributed by atoms with van der Waals surface area (Å²) in [6.07, 6.45) is 5.78. The lowest BCUT2D eigenvalue weighted by Crippen LogP contribution is -2.42. The number of hydrogen-bond donors (Lipinski definition) is 3. The van der Waals surface area contributed by atoms with E-state index in [9.17, 15) is 5.11 Å². The minimum Gasteiger partial charge on any atom is -0.391 e. The molecule has 0 amide bonds. The van der Waals surface area contributed by atoms with Crippen LogP contribution in [0.25, 0.3) is 22.3 Å². The number of anilines is 2. The van der Waals surface area contributed by atoms with Crippen LogP contribution in [0.4, 0.5) is 11.6 Å². The Balaban J connectivity index is 0.00000231. The zero-order valence-electron chi connectivity index (χ0n) is 17.2. The van der Waals surface area contributed by atoms with Gasteiger partial charge in [0.25, 0.3) is 0 Å². The van der Waals surface area contributed by atoms with Gasteiger partial charge in [0.15, 0.2) is 5.82 Å². The predicted octanol–water partition coefficient (Wildman–Crippen LogP) is 1.17. The van der Waals surface area contributed by atoms with Crippen LogP contribution in [0.3, 0.4) is 0 Å². The first kappa shape index (κ1) is 21.7. The molecule has 164 valence electrons. The first-order chi connectivity index (χ1) is 14.8. The van der Waals surface area contributed by atoms with Crippen LogP contribution in [0.15, 0.2) is 36.8 Å². The third kappa shape index (κ3) is 4.87. The maximum atomic E-state index is 9.76. The van der Waals surface area contributed by atoms with Crippen LogP contribution in [-0.4, -0.2) is 76.6 Å². The second-order valence-corrected chi connectivity index (χ2v) is 7.65. The molecule has 0 saturated carbocycles. The number of pyridine rings is 2. The first-order valence-electron chi connectivity index (χ1n) is 10.3. The van der Waals surface area contributed by atoms with Crippen molar-refractivity contribution in [3.05, 3.63) is 36.8 Å². The molecule has 3 N–H and O–H groups in total. The zero-order valence-corrected chi connectivity index (χ0v) is 18.2. The molecule has 2 aliphatic rings. The van der Waals surface area contributed by atoms with Crippen LogP contribution in [0.5, 0.6) is 0 Å². The highest BCUT2D eigenvalue weighted by Gasteiger charge is 2.21. The fourth-order valence-corrected chi connectivity index (χ4v) is 3.88. The van der Waals surface area contributed by atoms with Crippen LogP contribution in [0.1, 0.15) is 6.42 Å². The number of nitrogens with one attached hydrogen (secondary N) is 2. The second kappa shape index (κ2) is 9.73. The molecule has 0 spiro atoms. The van der Waals surface area contributed by atoms with Crippen molar-refractivity contribution >= 4 is 36.2 Å². The first-order valence-corrected chi connectivity index (χ1v) is 10.3. The van der Waals surface area contributed by atoms with Gasteiger partial charge in [0.05, 0.1) is 30.0 Å². The third-order valence-electron chi connectivity index (χ3n) is 5.49. The van der Waals surface area contributed by atoms with Gasteiger partial charge in [-0.15, -0.1) is 0 Å². The summed E-state index contributed by atoms with van der Waals surface area (Å²) >= 11 is 0. The lowest BCUT2D eigenvalue weighted by molar-refractivity contribution is 0.0372. The largest absolute Gasteiger partial charge is 0.391 e. The van der Waals surface area contributed by atoms with Crippen LogP contribution in [-0.2, 0) is 4.74 Å². The predicted molar refractivity (Wildman–Crippen MR) is 125 cm³/mol. The van der Waals surface area contributed by atoms with Crippen molar-refractivity contribution < 1.29 is 9.84 Å². The number of fused-ring (bicyclic) bond motifs is 1. The molecule has 2 atom stereocenters. The highest BCUT2D eigenvalue weighted by atomic mass is 32.1. The maximum Gasteiger partial charge on any atom is 0.154 e. The molecule has 10 heteroatoms. The Morgan fingerprint density at radius 3 is 2.87 bits per heavy atom. The number of rotatable bonds is 5. The maximum absolute atomic E-state index is 9.76. The number of aliphatic hydroxyl groups excluding tert-OH is 1. The highest BCUT2D eigenvalue weighted by molar-refractivity contribution is 7.59. The van der Waals surface area contributed by atoms with E-state index in [2.05, 4.69) is 30.5 Å². The molecule has 5 heterocycles. The molecule has 0 aromatic carbocycles. The van der Waals surface area contributed by atoms with Crippen LogP contribution >= 0.6 is 13.5 Å². The molecule has 3 aromatic heterocycles. The van der Waals surface area contributed by atoms with E-state index >= 15 is 0 Å². The summed E-state index contributed by atoms with van der Waals surface area (Å²) in [5.41, 5.74) is 3.21. The SMILES string of the molecule is OC1CCN(c2ccc(-c3cc4nccnc4c(NC[C@@H]4CNCCO4)n3)cn2)C1.S. The van der Waals surface area contributed by atoms with Gasteiger partial charge >= 0.3 is 0 Å². The van der Waals surface area contributed by atoms with Crippen molar-refractivity contribution in [2.75, 3.05) is 49.5 Å². The Morgan fingerprint density at radius 2 is 2.13 bits per heavy atom. The molecule has 2 saturated heterocycles. The van der Waals surface area contributed by atoms with E-state index in [4.69, 9.17) is 9.72 Å². The minimum absolute atomic E-state index is 0. The van der Waals surface area contributed by atoms with Gasteiger partial charge in [-0.3, -0.25) is 4.98 Å². The van der Waals surface area contributed by atoms with E-state index in [1.165, 1.54) is 0 Å². The van der Waals surface area contributed by atoms with Gasteiger partial charge in [0.2, 0.25) is 0 Å². The monoisotopic (exact) mass is 441 g/mol. The molecule has 31 heavy (non-hydrogen) atoms. The van der Waals surface area contributed by atoms with Crippen molar-refractivity contribution in [3.8, 4) is 11.3 Å². The quantitative estimate of drug-likeness (QED) is 0.538. The lowest BCUT2D eigenvalue weighted by atomic mass is 10.1. The number of β-amino-alcohol motifs (C(OH)–C–C–N with tert-alkyl or cyclic N) is 1. The molecule has 0 bridgehead atoms. The number of morpholine rings is 1. The number of ether oxygens (including phenoxy) is 1. The van der Waals surface area contributed by atoms with E-state index in [-0.39, 0.29) is 25.7 Å². The zero-order chi connectivity index (χ0) is 20.3. The van der Waals surface area contributed by atoms with E-state index < -0.39 is 0 Å². The number of hydrogen-bond acceptors (Lipinski definition) is 9. The van der Waals surface area contributed by atoms with Crippen molar-refractivity contribution in [2.24, 2.45) is 0 Å². The van der Waals surface area contributed by atoms with E-state index in [1.54, 1.807) is 12.4 Å². The van der Waals surface area contributed by atoms with Crippen LogP contribution < -0.4 is 15.5 Å². The summed E-state index contributed by atoms with van der Waals surface area (Å²) in [5, 5.41) is 16.5. The van der Waals surface area contributed by atoms with Gasteiger partial charge in [-0.25, -0.2) is 15.0 Å². The Labute approximate surface area is 187 Å². The molecule has 0 radical (unpaired) electrons. The average Bonchev–Trinajstić information content (AvgIpc) is 3.24. The smallest absolute Gasteiger partial charge is 0.154 e. The Morgan fingerprint density at radius 1 is 1.23 bits per heavy atom. The normalized spacial score (nSPS) is 21.1. The van der Waals surface area contributed by atoms with E-state index in [1.807, 2.05) is 24.4 Å². The standard InChI is InChI=1S/C21H25N7O2.H2S/c29-15-3-7-28(13-15)19-2-1-14(10-25-19)17-9-18-20(24-5-4-23-18)21(27-17)26-12-16-11-22-6-8-30-16;/h1-2,4-5,9-10,15-16,22,29H,3,6-8,11-13H2,(H,26,27);1H2/t15?,16-;/m0./s1. The van der Waals surface area contributed by atoms with Gasteiger partial charge in [-0.1, -0.05) is 0 Å². The highest BCUT2D eigenvalue weighted by Crippen LogP contribution is 2.27. The second-order valence-electron chi connectivity index (χ2n) is 7.65. The van der Waals surface area contributed by atoms with Crippen molar-refractivity contribution in [2.45, 2.75) is 18.6 Å². The van der Waals surface area contributed by atoms with E-state index in [0.29, 0.717) is 25.5 Å². The summed E-state index contributed by atoms with van der Waals surface area (Å²) in [6.45, 7) is 4.51. The average molecular weight is 442 g/mol. The minimum atomic E-state index is -0.274. The Kier molecular flexibility index (Phi) is 6.81. The summed E-state index contributed by atoms with van der Waals surface area (Å²) in [7, 11) is 0. The number of aliphatic hydroxyl groups is 1. The number of nitrogens with zero attached hydrogens (tertiary/aromatic N) is 5. The Hall–Kier alpha value is -2.53. The molecular weight excluding hydrogens is 414 g/mol.